The van der Waals surface area contributed by atoms with E-state index in [0.29, 0.717) is 5.75 Å². The summed E-state index contributed by atoms with van der Waals surface area (Å²) in [6, 6.07) is 10.6. The molecule has 0 aliphatic rings. The van der Waals surface area contributed by atoms with Crippen molar-refractivity contribution in [1.29, 1.82) is 0 Å². The molecule has 0 amide bonds. The Bertz CT molecular complexity index is 634. The Kier molecular flexibility index (Phi) is 4.45. The SMILES string of the molecule is COc1ccc(C[C@@H](O)C(=O)c2ccc(O)cc2O)cc1. The second-order valence-electron chi connectivity index (χ2n) is 4.63. The second kappa shape index (κ2) is 6.28. The molecule has 2 aromatic carbocycles. The van der Waals surface area contributed by atoms with E-state index in [2.05, 4.69) is 0 Å². The molecule has 0 radical (unpaired) electrons. The maximum Gasteiger partial charge on any atom is 0.195 e. The first-order valence-electron chi connectivity index (χ1n) is 6.38. The van der Waals surface area contributed by atoms with Gasteiger partial charge in [-0.2, -0.15) is 0 Å². The van der Waals surface area contributed by atoms with Crippen LogP contribution in [0.4, 0.5) is 0 Å². The van der Waals surface area contributed by atoms with Gasteiger partial charge in [-0.15, -0.1) is 0 Å². The van der Waals surface area contributed by atoms with Crippen LogP contribution in [-0.4, -0.2) is 34.3 Å². The third kappa shape index (κ3) is 3.52. The number of aliphatic hydroxyl groups excluding tert-OH is 1. The Morgan fingerprint density at radius 3 is 2.38 bits per heavy atom. The van der Waals surface area contributed by atoms with Crippen molar-refractivity contribution in [2.24, 2.45) is 0 Å². The summed E-state index contributed by atoms with van der Waals surface area (Å²) in [6.45, 7) is 0. The van der Waals surface area contributed by atoms with Gasteiger partial charge < -0.3 is 20.1 Å². The number of aromatic hydroxyl groups is 2. The van der Waals surface area contributed by atoms with Gasteiger partial charge in [0.2, 0.25) is 0 Å². The predicted octanol–water partition coefficient (Wildman–Crippen LogP) is 1.89. The Hall–Kier alpha value is -2.53. The van der Waals surface area contributed by atoms with E-state index in [1.54, 1.807) is 31.4 Å². The van der Waals surface area contributed by atoms with Crippen molar-refractivity contribution in [3.05, 3.63) is 53.6 Å². The highest BCUT2D eigenvalue weighted by Crippen LogP contribution is 2.24. The molecule has 0 saturated heterocycles. The highest BCUT2D eigenvalue weighted by atomic mass is 16.5. The van der Waals surface area contributed by atoms with E-state index < -0.39 is 11.9 Å². The first-order valence-corrected chi connectivity index (χ1v) is 6.38. The number of phenols is 2. The maximum absolute atomic E-state index is 12.1. The van der Waals surface area contributed by atoms with E-state index in [9.17, 15) is 20.1 Å². The number of rotatable bonds is 5. The number of aliphatic hydroxyl groups is 1. The number of carbonyl (C=O) groups excluding carboxylic acids is 1. The van der Waals surface area contributed by atoms with Gasteiger partial charge in [0.05, 0.1) is 12.7 Å². The monoisotopic (exact) mass is 288 g/mol. The number of Topliss-reactive ketones (excluding diaryl/α,β-unsaturated/α-hetero) is 1. The standard InChI is InChI=1S/C16H16O5/c1-21-12-5-2-10(3-6-12)8-15(19)16(20)13-7-4-11(17)9-14(13)18/h2-7,9,15,17-19H,8H2,1H3/t15-/m1/s1. The van der Waals surface area contributed by atoms with E-state index in [0.717, 1.165) is 11.6 Å². The molecule has 0 heterocycles. The van der Waals surface area contributed by atoms with Crippen molar-refractivity contribution in [2.75, 3.05) is 7.11 Å². The average Bonchev–Trinajstić information content (AvgIpc) is 2.47. The quantitative estimate of drug-likeness (QED) is 0.731. The van der Waals surface area contributed by atoms with Crippen molar-refractivity contribution < 1.29 is 24.9 Å². The fourth-order valence-corrected chi connectivity index (χ4v) is 1.99. The molecule has 21 heavy (non-hydrogen) atoms. The zero-order valence-corrected chi connectivity index (χ0v) is 11.5. The number of carbonyl (C=O) groups is 1. The number of ether oxygens (including phenoxy) is 1. The van der Waals surface area contributed by atoms with Gasteiger partial charge in [0.1, 0.15) is 23.4 Å². The zero-order chi connectivity index (χ0) is 15.4. The summed E-state index contributed by atoms with van der Waals surface area (Å²) < 4.78 is 5.03. The fourth-order valence-electron chi connectivity index (χ4n) is 1.99. The molecule has 110 valence electrons. The summed E-state index contributed by atoms with van der Waals surface area (Å²) >= 11 is 0. The average molecular weight is 288 g/mol. The summed E-state index contributed by atoms with van der Waals surface area (Å²) in [7, 11) is 1.56. The molecule has 3 N–H and O–H groups in total. The molecule has 0 aliphatic carbocycles. The number of hydrogen-bond acceptors (Lipinski definition) is 5. The van der Waals surface area contributed by atoms with Crippen LogP contribution in [0.5, 0.6) is 17.2 Å². The molecule has 1 atom stereocenters. The van der Waals surface area contributed by atoms with Gasteiger partial charge in [-0.3, -0.25) is 4.79 Å². The first kappa shape index (κ1) is 14.9. The lowest BCUT2D eigenvalue weighted by atomic mass is 9.99. The van der Waals surface area contributed by atoms with Crippen LogP contribution in [-0.2, 0) is 6.42 Å². The number of hydrogen-bond donors (Lipinski definition) is 3. The van der Waals surface area contributed by atoms with Gasteiger partial charge in [0, 0.05) is 12.5 Å². The lowest BCUT2D eigenvalue weighted by molar-refractivity contribution is 0.0745. The normalized spacial score (nSPS) is 11.9. The molecule has 0 aliphatic heterocycles. The number of phenolic OH excluding ortho intramolecular Hbond substituents is 2. The summed E-state index contributed by atoms with van der Waals surface area (Å²) in [5.41, 5.74) is 0.753. The molecule has 0 saturated carbocycles. The molecule has 5 heteroatoms. The fraction of sp³-hybridized carbons (Fsp3) is 0.188. The number of benzene rings is 2. The smallest absolute Gasteiger partial charge is 0.195 e. The lowest BCUT2D eigenvalue weighted by Gasteiger charge is -2.11. The van der Waals surface area contributed by atoms with Crippen LogP contribution < -0.4 is 4.74 Å². The highest BCUT2D eigenvalue weighted by Gasteiger charge is 2.20. The van der Waals surface area contributed by atoms with Gasteiger partial charge in [-0.25, -0.2) is 0 Å². The Balaban J connectivity index is 2.11. The minimum atomic E-state index is -1.27. The van der Waals surface area contributed by atoms with Crippen LogP contribution in [0, 0.1) is 0 Å². The van der Waals surface area contributed by atoms with Crippen molar-refractivity contribution in [1.82, 2.24) is 0 Å². The van der Waals surface area contributed by atoms with Crippen LogP contribution in [0.25, 0.3) is 0 Å². The van der Waals surface area contributed by atoms with Crippen LogP contribution in [0.1, 0.15) is 15.9 Å². The molecular formula is C16H16O5. The van der Waals surface area contributed by atoms with E-state index in [1.165, 1.54) is 12.1 Å². The minimum Gasteiger partial charge on any atom is -0.508 e. The van der Waals surface area contributed by atoms with Crippen molar-refractivity contribution in [3.63, 3.8) is 0 Å². The van der Waals surface area contributed by atoms with Crippen molar-refractivity contribution in [3.8, 4) is 17.2 Å². The molecule has 0 fully saturated rings. The Morgan fingerprint density at radius 1 is 1.14 bits per heavy atom. The summed E-state index contributed by atoms with van der Waals surface area (Å²) in [5.74, 6) is -0.401. The van der Waals surface area contributed by atoms with E-state index in [1.807, 2.05) is 0 Å². The second-order valence-corrected chi connectivity index (χ2v) is 4.63. The number of methoxy groups -OCH3 is 1. The minimum absolute atomic E-state index is 0.0196. The zero-order valence-electron chi connectivity index (χ0n) is 11.5. The molecule has 2 rings (SSSR count). The van der Waals surface area contributed by atoms with Crippen molar-refractivity contribution in [2.45, 2.75) is 12.5 Å². The molecule has 0 unspecified atom stereocenters. The Labute approximate surface area is 122 Å². The van der Waals surface area contributed by atoms with Gasteiger partial charge >= 0.3 is 0 Å². The van der Waals surface area contributed by atoms with Crippen molar-refractivity contribution >= 4 is 5.78 Å². The van der Waals surface area contributed by atoms with E-state index in [-0.39, 0.29) is 23.5 Å². The molecular weight excluding hydrogens is 272 g/mol. The Morgan fingerprint density at radius 2 is 1.81 bits per heavy atom. The molecule has 5 nitrogen and oxygen atoms in total. The molecule has 2 aromatic rings. The topological polar surface area (TPSA) is 87.0 Å². The van der Waals surface area contributed by atoms with Crippen LogP contribution >= 0.6 is 0 Å². The first-order chi connectivity index (χ1) is 10.0. The lowest BCUT2D eigenvalue weighted by Crippen LogP contribution is -2.23. The third-order valence-corrected chi connectivity index (χ3v) is 3.14. The van der Waals surface area contributed by atoms with Crippen LogP contribution in [0.2, 0.25) is 0 Å². The van der Waals surface area contributed by atoms with Gasteiger partial charge in [-0.1, -0.05) is 12.1 Å². The highest BCUT2D eigenvalue weighted by molar-refractivity contribution is 6.01. The predicted molar refractivity (Wildman–Crippen MR) is 76.8 cm³/mol. The molecule has 0 aromatic heterocycles. The molecule has 0 bridgehead atoms. The molecule has 0 spiro atoms. The third-order valence-electron chi connectivity index (χ3n) is 3.14. The number of ketones is 1. The summed E-state index contributed by atoms with van der Waals surface area (Å²) in [4.78, 5) is 12.1. The van der Waals surface area contributed by atoms with Crippen LogP contribution in [0.15, 0.2) is 42.5 Å². The maximum atomic E-state index is 12.1. The van der Waals surface area contributed by atoms with E-state index >= 15 is 0 Å². The van der Waals surface area contributed by atoms with E-state index in [4.69, 9.17) is 4.74 Å². The van der Waals surface area contributed by atoms with Crippen LogP contribution in [0.3, 0.4) is 0 Å². The largest absolute Gasteiger partial charge is 0.508 e. The van der Waals surface area contributed by atoms with Gasteiger partial charge in [-0.05, 0) is 29.8 Å². The van der Waals surface area contributed by atoms with Gasteiger partial charge in [0.25, 0.3) is 0 Å². The van der Waals surface area contributed by atoms with Gasteiger partial charge in [0.15, 0.2) is 5.78 Å². The summed E-state index contributed by atoms with van der Waals surface area (Å²) in [5, 5.41) is 28.8. The summed E-state index contributed by atoms with van der Waals surface area (Å²) in [6.07, 6.45) is -1.14.